The van der Waals surface area contributed by atoms with Gasteiger partial charge in [-0.05, 0) is 38.5 Å². The lowest BCUT2D eigenvalue weighted by atomic mass is 10.1. The topological polar surface area (TPSA) is 66.4 Å². The van der Waals surface area contributed by atoms with Gasteiger partial charge < -0.3 is 39.6 Å². The van der Waals surface area contributed by atoms with Gasteiger partial charge in [0.25, 0.3) is 11.7 Å². The summed E-state index contributed by atoms with van der Waals surface area (Å²) in [7, 11) is 0. The van der Waals surface area contributed by atoms with Gasteiger partial charge in [-0.1, -0.05) is 26.3 Å². The molecule has 2 N–H and O–H groups in total. The Hall–Kier alpha value is -2.72. The lowest BCUT2D eigenvalue weighted by molar-refractivity contribution is -0.308. The smallest absolute Gasteiger partial charge is 0.296 e. The van der Waals surface area contributed by atoms with E-state index in [2.05, 4.69) is 45.9 Å². The maximum absolute atomic E-state index is 12.6. The molecule has 7 heterocycles. The van der Waals surface area contributed by atoms with Gasteiger partial charge in [-0.2, -0.15) is 0 Å². The second-order valence-corrected chi connectivity index (χ2v) is 10.7. The van der Waals surface area contributed by atoms with Crippen LogP contribution in [0.2, 0.25) is 0 Å². The van der Waals surface area contributed by atoms with E-state index in [1.807, 2.05) is 19.6 Å². The molecule has 0 radical (unpaired) electrons. The van der Waals surface area contributed by atoms with Gasteiger partial charge in [0, 0.05) is 26.2 Å². The summed E-state index contributed by atoms with van der Waals surface area (Å²) in [6, 6.07) is 0. The van der Waals surface area contributed by atoms with E-state index in [1.54, 1.807) is 0 Å². The van der Waals surface area contributed by atoms with Crippen molar-refractivity contribution < 1.29 is 10.2 Å². The van der Waals surface area contributed by atoms with E-state index < -0.39 is 11.7 Å². The van der Waals surface area contributed by atoms with Crippen LogP contribution in [0.25, 0.3) is 0 Å². The maximum Gasteiger partial charge on any atom is 0.296 e. The van der Waals surface area contributed by atoms with Gasteiger partial charge >= 0.3 is 0 Å². The summed E-state index contributed by atoms with van der Waals surface area (Å²) in [6.45, 7) is 21.7. The molecule has 184 valence electrons. The first-order chi connectivity index (χ1) is 16.3. The van der Waals surface area contributed by atoms with Crippen molar-refractivity contribution in [3.63, 3.8) is 0 Å². The van der Waals surface area contributed by atoms with Crippen LogP contribution in [0.5, 0.6) is 0 Å². The number of rotatable bonds is 0. The highest BCUT2D eigenvalue weighted by Crippen LogP contribution is 2.57. The molecule has 10 heteroatoms. The summed E-state index contributed by atoms with van der Waals surface area (Å²) in [5, 5.41) is 25.1. The summed E-state index contributed by atoms with van der Waals surface area (Å²) in [5.74, 6) is -0.176. The van der Waals surface area contributed by atoms with Crippen molar-refractivity contribution in [3.05, 3.63) is 49.6 Å². The van der Waals surface area contributed by atoms with Crippen molar-refractivity contribution in [1.82, 2.24) is 39.2 Å². The summed E-state index contributed by atoms with van der Waals surface area (Å²) in [4.78, 5) is 17.0. The van der Waals surface area contributed by atoms with Crippen molar-refractivity contribution in [2.75, 3.05) is 39.5 Å². The molecule has 0 aromatic carbocycles. The van der Waals surface area contributed by atoms with Crippen molar-refractivity contribution in [2.45, 2.75) is 62.6 Å². The molecule has 7 aliphatic rings. The fraction of sp³-hybridized carbons (Fsp3) is 0.667. The second kappa shape index (κ2) is 6.48. The molecule has 0 spiro atoms. The first-order valence-electron chi connectivity index (χ1n) is 12.7. The normalized spacial score (nSPS) is 39.2. The number of hydrogen-bond acceptors (Lipinski definition) is 10. The van der Waals surface area contributed by atoms with Gasteiger partial charge in [0.05, 0.1) is 13.3 Å². The Kier molecular flexibility index (Phi) is 3.93. The minimum Gasteiger partial charge on any atom is -0.348 e. The van der Waals surface area contributed by atoms with Crippen molar-refractivity contribution >= 4 is 0 Å². The van der Waals surface area contributed by atoms with Crippen LogP contribution in [0.1, 0.15) is 38.5 Å². The van der Waals surface area contributed by atoms with E-state index in [-0.39, 0.29) is 12.3 Å². The Morgan fingerprint density at radius 1 is 0.500 bits per heavy atom. The summed E-state index contributed by atoms with van der Waals surface area (Å²) in [6.07, 6.45) is 6.10. The summed E-state index contributed by atoms with van der Waals surface area (Å²) >= 11 is 0. The lowest BCUT2D eigenvalue weighted by Gasteiger charge is -2.49. The van der Waals surface area contributed by atoms with Crippen molar-refractivity contribution in [1.29, 1.82) is 0 Å². The lowest BCUT2D eigenvalue weighted by Crippen LogP contribution is -2.71. The molecule has 8 bridgehead atoms. The van der Waals surface area contributed by atoms with Crippen LogP contribution < -0.4 is 0 Å². The molecule has 7 rings (SSSR count). The SMILES string of the molecule is C=C1N2CCCCCN3C(=C)N4CN1[C@H]1[C@@H]2N2CCCCCN5C(=C)N(CN1C2=C)[C@@]4(O)[C@@]53O. The first kappa shape index (κ1) is 20.6. The van der Waals surface area contributed by atoms with E-state index in [4.69, 9.17) is 0 Å². The number of fused-ring (bicyclic) bond motifs is 8. The van der Waals surface area contributed by atoms with E-state index in [1.165, 1.54) is 0 Å². The van der Waals surface area contributed by atoms with E-state index in [9.17, 15) is 10.2 Å². The Morgan fingerprint density at radius 2 is 0.882 bits per heavy atom. The van der Waals surface area contributed by atoms with Gasteiger partial charge in [-0.3, -0.25) is 9.80 Å². The first-order valence-corrected chi connectivity index (χ1v) is 12.7. The predicted octanol–water partition coefficient (Wildman–Crippen LogP) is 0.582. The molecule has 0 aromatic heterocycles. The molecule has 0 unspecified atom stereocenters. The van der Waals surface area contributed by atoms with Crippen LogP contribution in [0.15, 0.2) is 49.6 Å². The van der Waals surface area contributed by atoms with Gasteiger partial charge in [0.1, 0.15) is 35.6 Å². The minimum atomic E-state index is -1.73. The molecule has 0 aliphatic carbocycles. The number of aliphatic hydroxyl groups is 2. The quantitative estimate of drug-likeness (QED) is 0.528. The van der Waals surface area contributed by atoms with Crippen LogP contribution in [0, 0.1) is 0 Å². The number of nitrogens with zero attached hydrogens (tertiary/aromatic N) is 8. The highest BCUT2D eigenvalue weighted by molar-refractivity contribution is 5.30. The largest absolute Gasteiger partial charge is 0.348 e. The summed E-state index contributed by atoms with van der Waals surface area (Å²) in [5.41, 5.74) is 0. The Labute approximate surface area is 201 Å². The van der Waals surface area contributed by atoms with E-state index in [0.717, 1.165) is 63.3 Å². The standard InChI is InChI=1S/C24H36N8O2/c1-17-25-11-7-5-9-13-29-19(3)31-15-27(17)22-21(25)26-12-8-6-10-14-30-20(4)32(16-28(22)18(26)2)24(31,34)23(29,30)33/h21-22,33-34H,1-16H2/t21-,22+,23-,24+. The third kappa shape index (κ3) is 2.07. The van der Waals surface area contributed by atoms with E-state index in [0.29, 0.717) is 38.1 Å². The van der Waals surface area contributed by atoms with Crippen LogP contribution in [-0.2, 0) is 0 Å². The average molecular weight is 469 g/mol. The average Bonchev–Trinajstić information content (AvgIpc) is 3.31. The molecule has 10 nitrogen and oxygen atoms in total. The Morgan fingerprint density at radius 3 is 1.35 bits per heavy atom. The monoisotopic (exact) mass is 468 g/mol. The molecule has 7 fully saturated rings. The Bertz CT molecular complexity index is 929. The molecule has 34 heavy (non-hydrogen) atoms. The third-order valence-corrected chi connectivity index (χ3v) is 9.22. The van der Waals surface area contributed by atoms with Crippen molar-refractivity contribution in [3.8, 4) is 0 Å². The van der Waals surface area contributed by atoms with Gasteiger partial charge in [-0.25, -0.2) is 0 Å². The Balaban J connectivity index is 1.50. The maximum atomic E-state index is 12.6. The van der Waals surface area contributed by atoms with Crippen LogP contribution in [0.4, 0.5) is 0 Å². The van der Waals surface area contributed by atoms with Crippen molar-refractivity contribution in [2.24, 2.45) is 0 Å². The zero-order chi connectivity index (χ0) is 23.6. The van der Waals surface area contributed by atoms with Gasteiger partial charge in [0.2, 0.25) is 0 Å². The molecule has 0 saturated carbocycles. The van der Waals surface area contributed by atoms with E-state index >= 15 is 0 Å². The third-order valence-electron chi connectivity index (χ3n) is 9.22. The fourth-order valence-corrected chi connectivity index (χ4v) is 7.49. The molecular formula is C24H36N8O2. The van der Waals surface area contributed by atoms with Crippen LogP contribution in [-0.4, -0.2) is 113 Å². The molecule has 0 atom stereocenters. The highest BCUT2D eigenvalue weighted by Gasteiger charge is 2.77. The zero-order valence-corrected chi connectivity index (χ0v) is 19.9. The summed E-state index contributed by atoms with van der Waals surface area (Å²) < 4.78 is 0. The fourth-order valence-electron chi connectivity index (χ4n) is 7.49. The van der Waals surface area contributed by atoms with Gasteiger partial charge in [-0.15, -0.1) is 0 Å². The molecule has 7 saturated heterocycles. The van der Waals surface area contributed by atoms with Crippen LogP contribution >= 0.6 is 0 Å². The second-order valence-electron chi connectivity index (χ2n) is 10.7. The molecule has 0 aromatic rings. The molecule has 0 amide bonds. The molecule has 7 aliphatic heterocycles. The predicted molar refractivity (Wildman–Crippen MR) is 126 cm³/mol. The zero-order valence-electron chi connectivity index (χ0n) is 19.9. The molecular weight excluding hydrogens is 432 g/mol. The van der Waals surface area contributed by atoms with Crippen LogP contribution in [0.3, 0.4) is 0 Å². The number of hydrogen-bond donors (Lipinski definition) is 2. The van der Waals surface area contributed by atoms with Gasteiger partial charge in [0.15, 0.2) is 0 Å². The minimum absolute atomic E-state index is 0.0165. The highest BCUT2D eigenvalue weighted by atomic mass is 16.4.